The quantitative estimate of drug-likeness (QED) is 0.780. The monoisotopic (exact) mass is 203 g/mol. The van der Waals surface area contributed by atoms with Crippen LogP contribution >= 0.6 is 0 Å². The molecule has 0 bridgehead atoms. The summed E-state index contributed by atoms with van der Waals surface area (Å²) in [7, 11) is 0. The van der Waals surface area contributed by atoms with E-state index in [-0.39, 0.29) is 0 Å². The standard InChI is InChI=1S/C14H21N/c1-2-13(15)9-8-12-10-14(12)11-6-4-3-5-7-11/h3-7,12-14H,2,8-10,15H2,1H3. The van der Waals surface area contributed by atoms with E-state index >= 15 is 0 Å². The fraction of sp³-hybridized carbons (Fsp3) is 0.571. The summed E-state index contributed by atoms with van der Waals surface area (Å²) in [6.07, 6.45) is 5.00. The molecule has 2 rings (SSSR count). The Morgan fingerprint density at radius 2 is 2.07 bits per heavy atom. The lowest BCUT2D eigenvalue weighted by Crippen LogP contribution is -2.18. The summed E-state index contributed by atoms with van der Waals surface area (Å²) in [4.78, 5) is 0. The molecule has 0 spiro atoms. The van der Waals surface area contributed by atoms with Gasteiger partial charge in [0, 0.05) is 6.04 Å². The van der Waals surface area contributed by atoms with Crippen molar-refractivity contribution in [2.45, 2.75) is 44.6 Å². The molecule has 0 aromatic heterocycles. The first kappa shape index (κ1) is 10.7. The van der Waals surface area contributed by atoms with Crippen LogP contribution in [0.15, 0.2) is 30.3 Å². The van der Waals surface area contributed by atoms with Gasteiger partial charge in [0.1, 0.15) is 0 Å². The summed E-state index contributed by atoms with van der Waals surface area (Å²) in [5, 5.41) is 0. The van der Waals surface area contributed by atoms with Crippen molar-refractivity contribution in [2.24, 2.45) is 11.7 Å². The second kappa shape index (κ2) is 4.80. The lowest BCUT2D eigenvalue weighted by molar-refractivity contribution is 0.536. The number of nitrogens with two attached hydrogens (primary N) is 1. The normalized spacial score (nSPS) is 26.3. The summed E-state index contributed by atoms with van der Waals surface area (Å²) < 4.78 is 0. The highest BCUT2D eigenvalue weighted by atomic mass is 14.6. The zero-order valence-electron chi connectivity index (χ0n) is 9.52. The van der Waals surface area contributed by atoms with Crippen LogP contribution in [0.2, 0.25) is 0 Å². The Labute approximate surface area is 92.7 Å². The number of hydrogen-bond acceptors (Lipinski definition) is 1. The maximum Gasteiger partial charge on any atom is 0.00363 e. The van der Waals surface area contributed by atoms with E-state index in [2.05, 4.69) is 37.3 Å². The molecule has 1 nitrogen and oxygen atoms in total. The van der Waals surface area contributed by atoms with Crippen LogP contribution in [0, 0.1) is 5.92 Å². The molecule has 1 aliphatic rings. The molecule has 0 radical (unpaired) electrons. The molecule has 0 aliphatic heterocycles. The third-order valence-corrected chi connectivity index (χ3v) is 3.58. The van der Waals surface area contributed by atoms with E-state index in [1.807, 2.05) is 0 Å². The number of hydrogen-bond donors (Lipinski definition) is 1. The van der Waals surface area contributed by atoms with Crippen LogP contribution in [0.5, 0.6) is 0 Å². The fourth-order valence-electron chi connectivity index (χ4n) is 2.31. The molecule has 1 saturated carbocycles. The maximum atomic E-state index is 5.93. The minimum Gasteiger partial charge on any atom is -0.328 e. The molecule has 2 N–H and O–H groups in total. The number of rotatable bonds is 5. The SMILES string of the molecule is CCC(N)CCC1CC1c1ccccc1. The molecule has 15 heavy (non-hydrogen) atoms. The van der Waals surface area contributed by atoms with Crippen molar-refractivity contribution in [3.05, 3.63) is 35.9 Å². The molecular formula is C14H21N. The molecule has 1 aromatic carbocycles. The minimum absolute atomic E-state index is 0.419. The summed E-state index contributed by atoms with van der Waals surface area (Å²) in [6, 6.07) is 11.3. The van der Waals surface area contributed by atoms with E-state index in [0.717, 1.165) is 18.3 Å². The highest BCUT2D eigenvalue weighted by Crippen LogP contribution is 2.50. The van der Waals surface area contributed by atoms with Gasteiger partial charge in [0.05, 0.1) is 0 Å². The fourth-order valence-corrected chi connectivity index (χ4v) is 2.31. The van der Waals surface area contributed by atoms with Gasteiger partial charge in [-0.1, -0.05) is 37.3 Å². The van der Waals surface area contributed by atoms with Gasteiger partial charge in [0.25, 0.3) is 0 Å². The topological polar surface area (TPSA) is 26.0 Å². The smallest absolute Gasteiger partial charge is 0.00363 e. The van der Waals surface area contributed by atoms with E-state index in [0.29, 0.717) is 6.04 Å². The Bertz CT molecular complexity index is 293. The molecule has 1 heteroatoms. The van der Waals surface area contributed by atoms with Crippen molar-refractivity contribution in [3.8, 4) is 0 Å². The van der Waals surface area contributed by atoms with Crippen LogP contribution in [0.25, 0.3) is 0 Å². The number of benzene rings is 1. The van der Waals surface area contributed by atoms with Crippen molar-refractivity contribution in [2.75, 3.05) is 0 Å². The Morgan fingerprint density at radius 1 is 1.33 bits per heavy atom. The predicted octanol–water partition coefficient (Wildman–Crippen LogP) is 3.31. The first-order valence-electron chi connectivity index (χ1n) is 6.11. The Morgan fingerprint density at radius 3 is 2.73 bits per heavy atom. The summed E-state index contributed by atoms with van der Waals surface area (Å²) in [5.74, 6) is 1.74. The van der Waals surface area contributed by atoms with Gasteiger partial charge in [0.15, 0.2) is 0 Å². The average molecular weight is 203 g/mol. The lowest BCUT2D eigenvalue weighted by Gasteiger charge is -2.07. The molecule has 0 amide bonds. The van der Waals surface area contributed by atoms with Crippen LogP contribution in [0.1, 0.15) is 44.1 Å². The van der Waals surface area contributed by atoms with Crippen LogP contribution in [-0.4, -0.2) is 6.04 Å². The second-order valence-corrected chi connectivity index (χ2v) is 4.76. The molecule has 1 aromatic rings. The second-order valence-electron chi connectivity index (χ2n) is 4.76. The van der Waals surface area contributed by atoms with Gasteiger partial charge in [0.2, 0.25) is 0 Å². The van der Waals surface area contributed by atoms with Crippen LogP contribution in [0.4, 0.5) is 0 Å². The van der Waals surface area contributed by atoms with E-state index in [1.54, 1.807) is 0 Å². The highest BCUT2D eigenvalue weighted by Gasteiger charge is 2.37. The summed E-state index contributed by atoms with van der Waals surface area (Å²) >= 11 is 0. The van der Waals surface area contributed by atoms with Crippen LogP contribution in [0.3, 0.4) is 0 Å². The lowest BCUT2D eigenvalue weighted by atomic mass is 10.0. The Hall–Kier alpha value is -0.820. The van der Waals surface area contributed by atoms with Crippen molar-refractivity contribution >= 4 is 0 Å². The van der Waals surface area contributed by atoms with Gasteiger partial charge in [-0.15, -0.1) is 0 Å². The summed E-state index contributed by atoms with van der Waals surface area (Å²) in [6.45, 7) is 2.17. The maximum absolute atomic E-state index is 5.93. The zero-order chi connectivity index (χ0) is 10.7. The van der Waals surface area contributed by atoms with Crippen LogP contribution < -0.4 is 5.73 Å². The largest absolute Gasteiger partial charge is 0.328 e. The minimum atomic E-state index is 0.419. The van der Waals surface area contributed by atoms with E-state index in [4.69, 9.17) is 5.73 Å². The average Bonchev–Trinajstić information content (AvgIpc) is 3.06. The third-order valence-electron chi connectivity index (χ3n) is 3.58. The molecule has 0 saturated heterocycles. The Balaban J connectivity index is 1.77. The van der Waals surface area contributed by atoms with E-state index in [9.17, 15) is 0 Å². The van der Waals surface area contributed by atoms with Crippen molar-refractivity contribution in [1.82, 2.24) is 0 Å². The van der Waals surface area contributed by atoms with Gasteiger partial charge in [-0.05, 0) is 43.1 Å². The zero-order valence-corrected chi connectivity index (χ0v) is 9.52. The van der Waals surface area contributed by atoms with Crippen molar-refractivity contribution < 1.29 is 0 Å². The van der Waals surface area contributed by atoms with Crippen molar-refractivity contribution in [3.63, 3.8) is 0 Å². The third kappa shape index (κ3) is 2.82. The van der Waals surface area contributed by atoms with Crippen molar-refractivity contribution in [1.29, 1.82) is 0 Å². The Kier molecular flexibility index (Phi) is 3.42. The van der Waals surface area contributed by atoms with Gasteiger partial charge in [-0.2, -0.15) is 0 Å². The van der Waals surface area contributed by atoms with Gasteiger partial charge >= 0.3 is 0 Å². The van der Waals surface area contributed by atoms with E-state index < -0.39 is 0 Å². The first-order chi connectivity index (χ1) is 7.31. The highest BCUT2D eigenvalue weighted by molar-refractivity contribution is 5.25. The molecule has 82 valence electrons. The molecule has 3 atom stereocenters. The predicted molar refractivity (Wildman–Crippen MR) is 64.8 cm³/mol. The summed E-state index contributed by atoms with van der Waals surface area (Å²) in [5.41, 5.74) is 7.45. The van der Waals surface area contributed by atoms with E-state index in [1.165, 1.54) is 24.8 Å². The molecule has 0 heterocycles. The van der Waals surface area contributed by atoms with Gasteiger partial charge in [-0.25, -0.2) is 0 Å². The molecular weight excluding hydrogens is 182 g/mol. The molecule has 1 fully saturated rings. The first-order valence-corrected chi connectivity index (χ1v) is 6.11. The molecule has 1 aliphatic carbocycles. The molecule has 3 unspecified atom stereocenters. The van der Waals surface area contributed by atoms with Gasteiger partial charge in [-0.3, -0.25) is 0 Å². The van der Waals surface area contributed by atoms with Gasteiger partial charge < -0.3 is 5.73 Å². The van der Waals surface area contributed by atoms with Crippen LogP contribution in [-0.2, 0) is 0 Å².